The van der Waals surface area contributed by atoms with E-state index in [1.807, 2.05) is 13.0 Å². The van der Waals surface area contributed by atoms with Crippen molar-refractivity contribution in [3.05, 3.63) is 23.8 Å². The van der Waals surface area contributed by atoms with Crippen LogP contribution in [0.2, 0.25) is 0 Å². The first-order chi connectivity index (χ1) is 6.16. The summed E-state index contributed by atoms with van der Waals surface area (Å²) < 4.78 is 0. The average molecular weight is 182 g/mol. The molecule has 2 nitrogen and oxygen atoms in total. The first kappa shape index (κ1) is 11.9. The predicted molar refractivity (Wildman–Crippen MR) is 54.7 cm³/mol. The number of hydrogen-bond donors (Lipinski definition) is 1. The Kier molecular flexibility index (Phi) is 6.98. The van der Waals surface area contributed by atoms with Gasteiger partial charge in [-0.2, -0.15) is 0 Å². The van der Waals surface area contributed by atoms with Crippen LogP contribution in [-0.2, 0) is 4.79 Å². The highest BCUT2D eigenvalue weighted by Gasteiger charge is 1.89. The normalized spacial score (nSPS) is 12.3. The molecule has 0 saturated carbocycles. The van der Waals surface area contributed by atoms with Crippen molar-refractivity contribution < 1.29 is 9.90 Å². The van der Waals surface area contributed by atoms with Crippen molar-refractivity contribution in [1.29, 1.82) is 0 Å². The summed E-state index contributed by atoms with van der Waals surface area (Å²) in [6, 6.07) is 0. The summed E-state index contributed by atoms with van der Waals surface area (Å²) in [4.78, 5) is 10.1. The maximum absolute atomic E-state index is 10.1. The minimum atomic E-state index is -0.891. The van der Waals surface area contributed by atoms with Crippen molar-refractivity contribution in [2.75, 3.05) is 0 Å². The Bertz CT molecular complexity index is 202. The van der Waals surface area contributed by atoms with E-state index in [9.17, 15) is 4.79 Å². The number of unbranched alkanes of at least 4 members (excludes halogenated alkanes) is 2. The molecule has 0 unspecified atom stereocenters. The molecule has 0 rings (SSSR count). The second-order valence-corrected chi connectivity index (χ2v) is 3.17. The maximum Gasteiger partial charge on any atom is 0.328 e. The van der Waals surface area contributed by atoms with Gasteiger partial charge in [-0.1, -0.05) is 37.5 Å². The van der Waals surface area contributed by atoms with Crippen molar-refractivity contribution in [3.63, 3.8) is 0 Å². The third-order valence-electron chi connectivity index (χ3n) is 1.79. The van der Waals surface area contributed by atoms with Crippen molar-refractivity contribution >= 4 is 5.97 Å². The summed E-state index contributed by atoms with van der Waals surface area (Å²) in [6.07, 6.45) is 9.33. The fraction of sp³-hybridized carbons (Fsp3) is 0.545. The number of allylic oxidation sites excluding steroid dienone is 3. The Morgan fingerprint density at radius 1 is 1.38 bits per heavy atom. The predicted octanol–water partition coefficient (Wildman–Crippen LogP) is 3.15. The van der Waals surface area contributed by atoms with Crippen LogP contribution >= 0.6 is 0 Å². The Labute approximate surface area is 80.0 Å². The lowest BCUT2D eigenvalue weighted by atomic mass is 10.1. The van der Waals surface area contributed by atoms with Crippen molar-refractivity contribution in [2.24, 2.45) is 0 Å². The van der Waals surface area contributed by atoms with Gasteiger partial charge in [0.1, 0.15) is 0 Å². The standard InChI is InChI=1S/C11H18O2/c1-3-4-5-7-10(2)8-6-9-11(12)13/h6,8-9H,3-5,7H2,1-2H3,(H,12,13)/b9-6+,10-8+. The molecule has 0 radical (unpaired) electrons. The molecule has 74 valence electrons. The van der Waals surface area contributed by atoms with Crippen molar-refractivity contribution in [1.82, 2.24) is 0 Å². The van der Waals surface area contributed by atoms with Gasteiger partial charge in [-0.15, -0.1) is 0 Å². The van der Waals surface area contributed by atoms with Crippen LogP contribution < -0.4 is 0 Å². The zero-order chi connectivity index (χ0) is 10.1. The zero-order valence-corrected chi connectivity index (χ0v) is 8.42. The van der Waals surface area contributed by atoms with Gasteiger partial charge in [-0.05, 0) is 19.8 Å². The summed E-state index contributed by atoms with van der Waals surface area (Å²) >= 11 is 0. The van der Waals surface area contributed by atoms with Gasteiger partial charge in [-0.3, -0.25) is 0 Å². The average Bonchev–Trinajstić information content (AvgIpc) is 2.04. The zero-order valence-electron chi connectivity index (χ0n) is 8.42. The maximum atomic E-state index is 10.1. The van der Waals surface area contributed by atoms with Crippen molar-refractivity contribution in [2.45, 2.75) is 39.5 Å². The molecule has 0 aliphatic carbocycles. The fourth-order valence-electron chi connectivity index (χ4n) is 1.03. The van der Waals surface area contributed by atoms with Gasteiger partial charge >= 0.3 is 5.97 Å². The third kappa shape index (κ3) is 8.86. The second kappa shape index (κ2) is 7.59. The molecular weight excluding hydrogens is 164 g/mol. The van der Waals surface area contributed by atoms with Crippen LogP contribution in [0, 0.1) is 0 Å². The number of carbonyl (C=O) groups is 1. The molecule has 0 heterocycles. The van der Waals surface area contributed by atoms with E-state index < -0.39 is 5.97 Å². The molecule has 0 atom stereocenters. The van der Waals surface area contributed by atoms with Gasteiger partial charge in [0.15, 0.2) is 0 Å². The lowest BCUT2D eigenvalue weighted by molar-refractivity contribution is -0.131. The molecule has 0 bridgehead atoms. The Morgan fingerprint density at radius 3 is 2.62 bits per heavy atom. The number of carboxylic acid groups (broad SMARTS) is 1. The molecule has 0 spiro atoms. The summed E-state index contributed by atoms with van der Waals surface area (Å²) in [6.45, 7) is 4.20. The molecule has 0 aromatic carbocycles. The molecule has 0 aliphatic rings. The smallest absolute Gasteiger partial charge is 0.328 e. The number of hydrogen-bond acceptors (Lipinski definition) is 1. The molecule has 0 aromatic heterocycles. The number of rotatable bonds is 6. The third-order valence-corrected chi connectivity index (χ3v) is 1.79. The highest BCUT2D eigenvalue weighted by atomic mass is 16.4. The minimum absolute atomic E-state index is 0.891. The molecule has 13 heavy (non-hydrogen) atoms. The monoisotopic (exact) mass is 182 g/mol. The minimum Gasteiger partial charge on any atom is -0.478 e. The highest BCUT2D eigenvalue weighted by molar-refractivity contribution is 5.80. The van der Waals surface area contributed by atoms with E-state index in [2.05, 4.69) is 6.92 Å². The number of aliphatic carboxylic acids is 1. The summed E-state index contributed by atoms with van der Waals surface area (Å²) in [7, 11) is 0. The Morgan fingerprint density at radius 2 is 2.08 bits per heavy atom. The van der Waals surface area contributed by atoms with Crippen LogP contribution in [0.5, 0.6) is 0 Å². The van der Waals surface area contributed by atoms with Crippen LogP contribution in [0.4, 0.5) is 0 Å². The van der Waals surface area contributed by atoms with Crippen LogP contribution in [0.15, 0.2) is 23.8 Å². The lowest BCUT2D eigenvalue weighted by Crippen LogP contribution is -1.85. The van der Waals surface area contributed by atoms with Gasteiger partial charge in [0.25, 0.3) is 0 Å². The lowest BCUT2D eigenvalue weighted by Gasteiger charge is -1.97. The van der Waals surface area contributed by atoms with E-state index in [4.69, 9.17) is 5.11 Å². The first-order valence-corrected chi connectivity index (χ1v) is 4.73. The van der Waals surface area contributed by atoms with Gasteiger partial charge in [0, 0.05) is 6.08 Å². The van der Waals surface area contributed by atoms with Gasteiger partial charge < -0.3 is 5.11 Å². The van der Waals surface area contributed by atoms with Crippen molar-refractivity contribution in [3.8, 4) is 0 Å². The van der Waals surface area contributed by atoms with Gasteiger partial charge in [0.2, 0.25) is 0 Å². The molecule has 0 amide bonds. The van der Waals surface area contributed by atoms with Crippen LogP contribution in [-0.4, -0.2) is 11.1 Å². The summed E-state index contributed by atoms with van der Waals surface area (Å²) in [5.74, 6) is -0.891. The van der Waals surface area contributed by atoms with E-state index in [0.717, 1.165) is 12.5 Å². The molecule has 0 fully saturated rings. The summed E-state index contributed by atoms with van der Waals surface area (Å²) in [5, 5.41) is 8.32. The largest absolute Gasteiger partial charge is 0.478 e. The van der Waals surface area contributed by atoms with Gasteiger partial charge in [0.05, 0.1) is 0 Å². The molecule has 0 aromatic rings. The van der Waals surface area contributed by atoms with Crippen LogP contribution in [0.25, 0.3) is 0 Å². The Hall–Kier alpha value is -1.05. The van der Waals surface area contributed by atoms with Crippen LogP contribution in [0.3, 0.4) is 0 Å². The number of carboxylic acids is 1. The van der Waals surface area contributed by atoms with E-state index in [-0.39, 0.29) is 0 Å². The Balaban J connectivity index is 3.68. The van der Waals surface area contributed by atoms with E-state index in [1.54, 1.807) is 6.08 Å². The van der Waals surface area contributed by atoms with Crippen LogP contribution in [0.1, 0.15) is 39.5 Å². The van der Waals surface area contributed by atoms with E-state index in [1.165, 1.54) is 24.8 Å². The van der Waals surface area contributed by atoms with Gasteiger partial charge in [-0.25, -0.2) is 4.79 Å². The van der Waals surface area contributed by atoms with E-state index in [0.29, 0.717) is 0 Å². The molecular formula is C11H18O2. The summed E-state index contributed by atoms with van der Waals surface area (Å²) in [5.41, 5.74) is 1.24. The first-order valence-electron chi connectivity index (χ1n) is 4.73. The molecule has 1 N–H and O–H groups in total. The molecule has 0 saturated heterocycles. The second-order valence-electron chi connectivity index (χ2n) is 3.17. The highest BCUT2D eigenvalue weighted by Crippen LogP contribution is 2.07. The quantitative estimate of drug-likeness (QED) is 0.389. The fourth-order valence-corrected chi connectivity index (χ4v) is 1.03. The SMILES string of the molecule is CCCCC/C(C)=C/C=C/C(=O)O. The topological polar surface area (TPSA) is 37.3 Å². The molecule has 2 heteroatoms. The molecule has 0 aliphatic heterocycles. The van der Waals surface area contributed by atoms with E-state index >= 15 is 0 Å².